The monoisotopic (exact) mass is 264 g/mol. The minimum atomic E-state index is -0.413. The number of hydrogen-bond donors (Lipinski definition) is 0. The van der Waals surface area contributed by atoms with Crippen LogP contribution in [0.25, 0.3) is 4.85 Å². The topological polar surface area (TPSA) is 33.9 Å². The van der Waals surface area contributed by atoms with Gasteiger partial charge in [-0.3, -0.25) is 0 Å². The van der Waals surface area contributed by atoms with Crippen molar-refractivity contribution in [3.63, 3.8) is 0 Å². The molecule has 0 radical (unpaired) electrons. The van der Waals surface area contributed by atoms with E-state index in [9.17, 15) is 4.79 Å². The second kappa shape index (κ2) is 5.03. The van der Waals surface area contributed by atoms with Gasteiger partial charge in [-0.1, -0.05) is 0 Å². The Kier molecular flexibility index (Phi) is 3.75. The van der Waals surface area contributed by atoms with E-state index in [1.165, 1.54) is 12.8 Å². The van der Waals surface area contributed by atoms with Gasteiger partial charge in [-0.25, -0.2) is 11.4 Å². The van der Waals surface area contributed by atoms with Crippen LogP contribution < -0.4 is 0 Å². The van der Waals surface area contributed by atoms with Gasteiger partial charge in [-0.05, 0) is 51.9 Å². The molecule has 1 aliphatic carbocycles. The van der Waals surface area contributed by atoms with E-state index < -0.39 is 5.60 Å². The molecule has 1 amide bonds. The van der Waals surface area contributed by atoms with Gasteiger partial charge in [0.2, 0.25) is 6.54 Å². The molecular formula is C15H24N2O2. The molecule has 1 spiro atoms. The highest BCUT2D eigenvalue weighted by molar-refractivity contribution is 5.68. The van der Waals surface area contributed by atoms with E-state index >= 15 is 0 Å². The van der Waals surface area contributed by atoms with Crippen molar-refractivity contribution >= 4 is 6.09 Å². The molecule has 1 heterocycles. The highest BCUT2D eigenvalue weighted by Gasteiger charge is 2.47. The number of nitrogens with zero attached hydrogens (tertiary/aromatic N) is 2. The number of hydrogen-bond acceptors (Lipinski definition) is 2. The fraction of sp³-hybridized carbons (Fsp3) is 0.867. The Morgan fingerprint density at radius 2 is 1.95 bits per heavy atom. The molecule has 0 N–H and O–H groups in total. The van der Waals surface area contributed by atoms with Gasteiger partial charge in [0.15, 0.2) is 0 Å². The molecule has 1 saturated heterocycles. The molecule has 4 nitrogen and oxygen atoms in total. The minimum Gasteiger partial charge on any atom is -0.444 e. The molecule has 1 aliphatic heterocycles. The summed E-state index contributed by atoms with van der Waals surface area (Å²) in [5.41, 5.74) is 0.0112. The summed E-state index contributed by atoms with van der Waals surface area (Å²) in [4.78, 5) is 17.3. The van der Waals surface area contributed by atoms with Gasteiger partial charge >= 0.3 is 6.09 Å². The maximum absolute atomic E-state index is 12.0. The second-order valence-corrected chi connectivity index (χ2v) is 7.08. The van der Waals surface area contributed by atoms with Crippen molar-refractivity contribution in [1.29, 1.82) is 0 Å². The molecule has 19 heavy (non-hydrogen) atoms. The molecule has 2 rings (SSSR count). The Morgan fingerprint density at radius 1 is 1.37 bits per heavy atom. The van der Waals surface area contributed by atoms with Crippen LogP contribution in [0.15, 0.2) is 0 Å². The molecular weight excluding hydrogens is 240 g/mol. The molecule has 2 fully saturated rings. The SMILES string of the molecule is [C-]#[N+]CC1CC2(CCN(C(=O)OC(C)(C)C)CC2)C1. The van der Waals surface area contributed by atoms with Gasteiger partial charge in [0.1, 0.15) is 5.60 Å². The molecule has 1 saturated carbocycles. The van der Waals surface area contributed by atoms with Crippen molar-refractivity contribution in [3.8, 4) is 0 Å². The van der Waals surface area contributed by atoms with Crippen molar-refractivity contribution in [1.82, 2.24) is 4.90 Å². The first kappa shape index (κ1) is 14.2. The zero-order valence-electron chi connectivity index (χ0n) is 12.2. The molecule has 0 atom stereocenters. The van der Waals surface area contributed by atoms with E-state index in [0.717, 1.165) is 25.9 Å². The summed E-state index contributed by atoms with van der Waals surface area (Å²) in [6, 6.07) is 0. The molecule has 106 valence electrons. The number of likely N-dealkylation sites (tertiary alicyclic amines) is 1. The van der Waals surface area contributed by atoms with Crippen molar-refractivity contribution in [2.75, 3.05) is 19.6 Å². The average molecular weight is 264 g/mol. The normalized spacial score (nSPS) is 22.7. The van der Waals surface area contributed by atoms with E-state index in [0.29, 0.717) is 17.9 Å². The van der Waals surface area contributed by atoms with E-state index in [2.05, 4.69) is 4.85 Å². The molecule has 0 bridgehead atoms. The van der Waals surface area contributed by atoms with Crippen LogP contribution >= 0.6 is 0 Å². The fourth-order valence-electron chi connectivity index (χ4n) is 3.32. The number of piperidine rings is 1. The molecule has 4 heteroatoms. The van der Waals surface area contributed by atoms with E-state index in [-0.39, 0.29) is 6.09 Å². The predicted octanol–water partition coefficient (Wildman–Crippen LogP) is 3.33. The molecule has 2 aliphatic rings. The zero-order chi connectivity index (χ0) is 14.1. The standard InChI is InChI=1S/C15H24N2O2/c1-14(2,3)19-13(18)17-7-5-15(6-8-17)9-12(10-15)11-16-4/h12H,5-11H2,1-3H3. The zero-order valence-corrected chi connectivity index (χ0v) is 12.2. The number of carbonyl (C=O) groups excluding carboxylic acids is 1. The third-order valence-electron chi connectivity index (χ3n) is 4.27. The predicted molar refractivity (Wildman–Crippen MR) is 73.7 cm³/mol. The Labute approximate surface area is 115 Å². The number of amides is 1. The Bertz CT molecular complexity index is 376. The van der Waals surface area contributed by atoms with Gasteiger partial charge in [0, 0.05) is 19.0 Å². The van der Waals surface area contributed by atoms with Crippen molar-refractivity contribution in [3.05, 3.63) is 11.4 Å². The smallest absolute Gasteiger partial charge is 0.410 e. The molecule has 0 unspecified atom stereocenters. The lowest BCUT2D eigenvalue weighted by molar-refractivity contribution is -0.0234. The van der Waals surface area contributed by atoms with Crippen LogP contribution in [0.4, 0.5) is 4.79 Å². The molecule has 0 aromatic carbocycles. The Morgan fingerprint density at radius 3 is 2.42 bits per heavy atom. The summed E-state index contributed by atoms with van der Waals surface area (Å²) < 4.78 is 5.40. The third-order valence-corrected chi connectivity index (χ3v) is 4.27. The lowest BCUT2D eigenvalue weighted by Gasteiger charge is -2.50. The third kappa shape index (κ3) is 3.40. The van der Waals surface area contributed by atoms with E-state index in [1.807, 2.05) is 25.7 Å². The highest BCUT2D eigenvalue weighted by Crippen LogP contribution is 2.52. The Hall–Kier alpha value is -1.24. The van der Waals surface area contributed by atoms with Crippen LogP contribution in [0.2, 0.25) is 0 Å². The first-order valence-electron chi connectivity index (χ1n) is 7.15. The lowest BCUT2D eigenvalue weighted by atomic mass is 9.57. The van der Waals surface area contributed by atoms with Crippen LogP contribution in [0.5, 0.6) is 0 Å². The summed E-state index contributed by atoms with van der Waals surface area (Å²) in [5.74, 6) is 0.602. The number of ether oxygens (including phenoxy) is 1. The van der Waals surface area contributed by atoms with Crippen LogP contribution in [0.1, 0.15) is 46.5 Å². The van der Waals surface area contributed by atoms with Crippen LogP contribution in [0.3, 0.4) is 0 Å². The van der Waals surface area contributed by atoms with Crippen molar-refractivity contribution < 1.29 is 9.53 Å². The first-order chi connectivity index (χ1) is 8.84. The summed E-state index contributed by atoms with van der Waals surface area (Å²) in [6.45, 7) is 14.9. The largest absolute Gasteiger partial charge is 0.444 e. The summed E-state index contributed by atoms with van der Waals surface area (Å²) in [7, 11) is 0. The van der Waals surface area contributed by atoms with Crippen LogP contribution in [-0.2, 0) is 4.74 Å². The van der Waals surface area contributed by atoms with Gasteiger partial charge in [-0.15, -0.1) is 0 Å². The van der Waals surface area contributed by atoms with Crippen molar-refractivity contribution in [2.45, 2.75) is 52.1 Å². The van der Waals surface area contributed by atoms with E-state index in [4.69, 9.17) is 11.3 Å². The summed E-state index contributed by atoms with van der Waals surface area (Å²) in [6.07, 6.45) is 4.32. The van der Waals surface area contributed by atoms with E-state index in [1.54, 1.807) is 0 Å². The first-order valence-corrected chi connectivity index (χ1v) is 7.15. The van der Waals surface area contributed by atoms with Gasteiger partial charge < -0.3 is 14.5 Å². The Balaban J connectivity index is 1.78. The fourth-order valence-corrected chi connectivity index (χ4v) is 3.32. The minimum absolute atomic E-state index is 0.181. The molecule has 0 aromatic rings. The maximum atomic E-state index is 12.0. The second-order valence-electron chi connectivity index (χ2n) is 7.08. The quantitative estimate of drug-likeness (QED) is 0.681. The van der Waals surface area contributed by atoms with Gasteiger partial charge in [0.05, 0.1) is 0 Å². The summed E-state index contributed by atoms with van der Waals surface area (Å²) in [5, 5.41) is 0. The average Bonchev–Trinajstić information content (AvgIpc) is 2.26. The summed E-state index contributed by atoms with van der Waals surface area (Å²) >= 11 is 0. The van der Waals surface area contributed by atoms with Crippen LogP contribution in [0, 0.1) is 17.9 Å². The number of rotatable bonds is 1. The highest BCUT2D eigenvalue weighted by atomic mass is 16.6. The number of carbonyl (C=O) groups is 1. The van der Waals surface area contributed by atoms with Gasteiger partial charge in [-0.2, -0.15) is 0 Å². The van der Waals surface area contributed by atoms with Crippen molar-refractivity contribution in [2.24, 2.45) is 11.3 Å². The van der Waals surface area contributed by atoms with Crippen LogP contribution in [-0.4, -0.2) is 36.2 Å². The lowest BCUT2D eigenvalue weighted by Crippen LogP contribution is -2.50. The van der Waals surface area contributed by atoms with Gasteiger partial charge in [0.25, 0.3) is 0 Å². The molecule has 0 aromatic heterocycles. The maximum Gasteiger partial charge on any atom is 0.410 e.